The lowest BCUT2D eigenvalue weighted by molar-refractivity contribution is 0.339. The lowest BCUT2D eigenvalue weighted by atomic mass is 9.93. The van der Waals surface area contributed by atoms with E-state index in [4.69, 9.17) is 21.7 Å². The second-order valence-corrected chi connectivity index (χ2v) is 5.57. The van der Waals surface area contributed by atoms with Crippen molar-refractivity contribution in [3.05, 3.63) is 46.0 Å². The summed E-state index contributed by atoms with van der Waals surface area (Å²) in [5.41, 5.74) is 1.35. The van der Waals surface area contributed by atoms with Gasteiger partial charge in [0.1, 0.15) is 22.7 Å². The van der Waals surface area contributed by atoms with Crippen LogP contribution in [0.5, 0.6) is 5.75 Å². The molecule has 0 aliphatic heterocycles. The fraction of sp³-hybridized carbons (Fsp3) is 0.222. The highest BCUT2D eigenvalue weighted by molar-refractivity contribution is 6.31. The Morgan fingerprint density at radius 2 is 2.04 bits per heavy atom. The van der Waals surface area contributed by atoms with E-state index in [2.05, 4.69) is 5.32 Å². The minimum absolute atomic E-state index is 0.0257. The largest absolute Gasteiger partial charge is 0.492 e. The third-order valence-corrected chi connectivity index (χ3v) is 3.99. The maximum absolute atomic E-state index is 14.5. The molecule has 0 heterocycles. The van der Waals surface area contributed by atoms with E-state index in [9.17, 15) is 14.0 Å². The molecule has 0 radical (unpaired) electrons. The van der Waals surface area contributed by atoms with Gasteiger partial charge in [0.05, 0.1) is 23.4 Å². The van der Waals surface area contributed by atoms with E-state index in [0.29, 0.717) is 23.4 Å². The van der Waals surface area contributed by atoms with Gasteiger partial charge in [0, 0.05) is 23.9 Å². The van der Waals surface area contributed by atoms with Crippen LogP contribution in [0.3, 0.4) is 0 Å². The Kier molecular flexibility index (Phi) is 5.60. The average molecular weight is 364 g/mol. The molecular weight excluding hydrogens is 348 g/mol. The van der Waals surface area contributed by atoms with E-state index >= 15 is 0 Å². The van der Waals surface area contributed by atoms with Gasteiger partial charge in [0.25, 0.3) is 0 Å². The SMILES string of the molecule is CCOc1c(C#N)cc(-c2ccc(F)c(Cl)c2F)c(NC)c1C(C)=N. The molecule has 2 N–H and O–H groups in total. The first-order chi connectivity index (χ1) is 11.9. The smallest absolute Gasteiger partial charge is 0.152 e. The molecule has 0 bridgehead atoms. The van der Waals surface area contributed by atoms with Crippen LogP contribution >= 0.6 is 11.6 Å². The number of ether oxygens (including phenoxy) is 1. The highest BCUT2D eigenvalue weighted by atomic mass is 35.5. The molecule has 0 amide bonds. The zero-order chi connectivity index (χ0) is 18.7. The van der Waals surface area contributed by atoms with Crippen molar-refractivity contribution in [2.24, 2.45) is 0 Å². The summed E-state index contributed by atoms with van der Waals surface area (Å²) in [4.78, 5) is 0. The fourth-order valence-electron chi connectivity index (χ4n) is 2.61. The minimum atomic E-state index is -0.931. The molecule has 7 heteroatoms. The third-order valence-electron chi connectivity index (χ3n) is 3.64. The van der Waals surface area contributed by atoms with Crippen molar-refractivity contribution in [2.45, 2.75) is 13.8 Å². The highest BCUT2D eigenvalue weighted by Crippen LogP contribution is 2.41. The summed E-state index contributed by atoms with van der Waals surface area (Å²) < 4.78 is 33.5. The molecule has 0 atom stereocenters. The van der Waals surface area contributed by atoms with E-state index in [0.717, 1.165) is 6.07 Å². The minimum Gasteiger partial charge on any atom is -0.492 e. The molecule has 0 unspecified atom stereocenters. The summed E-state index contributed by atoms with van der Waals surface area (Å²) in [6, 6.07) is 5.75. The molecule has 130 valence electrons. The van der Waals surface area contributed by atoms with E-state index in [-0.39, 0.29) is 22.6 Å². The molecule has 2 rings (SSSR count). The predicted molar refractivity (Wildman–Crippen MR) is 94.7 cm³/mol. The number of rotatable bonds is 5. The Morgan fingerprint density at radius 1 is 1.36 bits per heavy atom. The van der Waals surface area contributed by atoms with Crippen molar-refractivity contribution in [3.63, 3.8) is 0 Å². The highest BCUT2D eigenvalue weighted by Gasteiger charge is 2.23. The Morgan fingerprint density at radius 3 is 2.56 bits per heavy atom. The number of nitrogens with one attached hydrogen (secondary N) is 2. The lowest BCUT2D eigenvalue weighted by Gasteiger charge is -2.20. The molecule has 0 saturated heterocycles. The molecule has 0 saturated carbocycles. The van der Waals surface area contributed by atoms with E-state index in [1.807, 2.05) is 6.07 Å². The van der Waals surface area contributed by atoms with Crippen molar-refractivity contribution in [1.82, 2.24) is 0 Å². The molecule has 0 aromatic heterocycles. The van der Waals surface area contributed by atoms with Crippen molar-refractivity contribution in [2.75, 3.05) is 19.0 Å². The van der Waals surface area contributed by atoms with Gasteiger partial charge in [0.15, 0.2) is 5.82 Å². The lowest BCUT2D eigenvalue weighted by Crippen LogP contribution is -2.09. The molecule has 25 heavy (non-hydrogen) atoms. The van der Waals surface area contributed by atoms with Gasteiger partial charge in [-0.2, -0.15) is 5.26 Å². The number of benzene rings is 2. The van der Waals surface area contributed by atoms with Crippen LogP contribution in [0.2, 0.25) is 5.02 Å². The van der Waals surface area contributed by atoms with Gasteiger partial charge in [-0.25, -0.2) is 8.78 Å². The maximum atomic E-state index is 14.5. The molecule has 2 aromatic carbocycles. The van der Waals surface area contributed by atoms with E-state index in [1.54, 1.807) is 14.0 Å². The van der Waals surface area contributed by atoms with Gasteiger partial charge in [-0.05, 0) is 32.0 Å². The number of nitriles is 1. The average Bonchev–Trinajstić information content (AvgIpc) is 2.59. The summed E-state index contributed by atoms with van der Waals surface area (Å²) in [5, 5.41) is 19.8. The van der Waals surface area contributed by atoms with Crippen molar-refractivity contribution in [3.8, 4) is 22.9 Å². The zero-order valence-corrected chi connectivity index (χ0v) is 14.7. The van der Waals surface area contributed by atoms with Crippen LogP contribution in [0.1, 0.15) is 25.0 Å². The molecule has 0 fully saturated rings. The Labute approximate surface area is 149 Å². The topological polar surface area (TPSA) is 68.9 Å². The molecule has 0 aliphatic rings. The van der Waals surface area contributed by atoms with E-state index in [1.165, 1.54) is 19.1 Å². The quantitative estimate of drug-likeness (QED) is 0.581. The van der Waals surface area contributed by atoms with Crippen LogP contribution in [0.15, 0.2) is 18.2 Å². The second-order valence-electron chi connectivity index (χ2n) is 5.19. The molecule has 2 aromatic rings. The summed E-state index contributed by atoms with van der Waals surface area (Å²) in [6.45, 7) is 3.60. The summed E-state index contributed by atoms with van der Waals surface area (Å²) in [5.74, 6) is -1.55. The van der Waals surface area contributed by atoms with Crippen molar-refractivity contribution < 1.29 is 13.5 Å². The standard InChI is InChI=1S/C18H16ClF2N3O/c1-4-25-18-10(8-22)7-12(17(24-3)14(18)9(2)23)11-5-6-13(20)15(19)16(11)21/h5-7,23-24H,4H2,1-3H3. The van der Waals surface area contributed by atoms with Crippen LogP contribution in [-0.4, -0.2) is 19.4 Å². The van der Waals surface area contributed by atoms with Crippen LogP contribution < -0.4 is 10.1 Å². The Hall–Kier alpha value is -2.65. The molecule has 4 nitrogen and oxygen atoms in total. The number of anilines is 1. The van der Waals surface area contributed by atoms with Crippen molar-refractivity contribution >= 4 is 23.0 Å². The zero-order valence-electron chi connectivity index (χ0n) is 13.9. The summed E-state index contributed by atoms with van der Waals surface area (Å²) in [7, 11) is 1.61. The van der Waals surface area contributed by atoms with Crippen molar-refractivity contribution in [1.29, 1.82) is 10.7 Å². The van der Waals surface area contributed by atoms with Gasteiger partial charge in [-0.3, -0.25) is 0 Å². The predicted octanol–water partition coefficient (Wildman–Crippen LogP) is 4.99. The molecular formula is C18H16ClF2N3O. The Bertz CT molecular complexity index is 891. The number of nitrogens with zero attached hydrogens (tertiary/aromatic N) is 1. The summed E-state index contributed by atoms with van der Waals surface area (Å²) >= 11 is 5.68. The number of halogens is 3. The monoisotopic (exact) mass is 363 g/mol. The van der Waals surface area contributed by atoms with Gasteiger partial charge in [-0.1, -0.05) is 11.6 Å². The van der Waals surface area contributed by atoms with Crippen LogP contribution in [0.25, 0.3) is 11.1 Å². The fourth-order valence-corrected chi connectivity index (χ4v) is 2.77. The number of hydrogen-bond acceptors (Lipinski definition) is 4. The van der Waals surface area contributed by atoms with Crippen LogP contribution in [-0.2, 0) is 0 Å². The first-order valence-corrected chi connectivity index (χ1v) is 7.86. The van der Waals surface area contributed by atoms with Gasteiger partial charge >= 0.3 is 0 Å². The summed E-state index contributed by atoms with van der Waals surface area (Å²) in [6.07, 6.45) is 0. The molecule has 0 spiro atoms. The van der Waals surface area contributed by atoms with Gasteiger partial charge < -0.3 is 15.5 Å². The third kappa shape index (κ3) is 3.28. The first-order valence-electron chi connectivity index (χ1n) is 7.48. The number of hydrogen-bond donors (Lipinski definition) is 2. The van der Waals surface area contributed by atoms with E-state index < -0.39 is 16.7 Å². The maximum Gasteiger partial charge on any atom is 0.152 e. The normalized spacial score (nSPS) is 10.3. The van der Waals surface area contributed by atoms with Crippen LogP contribution in [0, 0.1) is 28.4 Å². The van der Waals surface area contributed by atoms with Crippen LogP contribution in [0.4, 0.5) is 14.5 Å². The second kappa shape index (κ2) is 7.49. The molecule has 0 aliphatic carbocycles. The Balaban J connectivity index is 2.93. The first kappa shape index (κ1) is 18.7. The van der Waals surface area contributed by atoms with Gasteiger partial charge in [-0.15, -0.1) is 0 Å². The van der Waals surface area contributed by atoms with Gasteiger partial charge in [0.2, 0.25) is 0 Å².